The van der Waals surface area contributed by atoms with Crippen LogP contribution in [0.5, 0.6) is 0 Å². The zero-order valence-electron chi connectivity index (χ0n) is 14.3. The minimum Gasteiger partial charge on any atom is -0.300 e. The van der Waals surface area contributed by atoms with Crippen molar-refractivity contribution < 1.29 is 8.42 Å². The molecule has 0 saturated carbocycles. The number of nitrogens with zero attached hydrogens (tertiary/aromatic N) is 1. The molecule has 5 nitrogen and oxygen atoms in total. The third kappa shape index (κ3) is 4.49. The predicted octanol–water partition coefficient (Wildman–Crippen LogP) is 3.75. The van der Waals surface area contributed by atoms with Gasteiger partial charge in [-0.15, -0.1) is 4.40 Å². The highest BCUT2D eigenvalue weighted by atomic mass is 32.2. The van der Waals surface area contributed by atoms with Crippen molar-refractivity contribution >= 4 is 21.5 Å². The molecule has 6 heteroatoms. The van der Waals surface area contributed by atoms with E-state index in [-0.39, 0.29) is 10.7 Å². The van der Waals surface area contributed by atoms with Crippen LogP contribution in [0, 0.1) is 6.92 Å². The zero-order chi connectivity index (χ0) is 18.4. The van der Waals surface area contributed by atoms with Crippen molar-refractivity contribution in [3.8, 4) is 0 Å². The van der Waals surface area contributed by atoms with E-state index in [2.05, 4.69) is 15.2 Å². The molecule has 26 heavy (non-hydrogen) atoms. The van der Waals surface area contributed by atoms with Crippen LogP contribution in [0.25, 0.3) is 0 Å². The molecule has 0 radical (unpaired) electrons. The summed E-state index contributed by atoms with van der Waals surface area (Å²) in [5, 5.41) is 0. The van der Waals surface area contributed by atoms with Crippen LogP contribution in [-0.2, 0) is 10.0 Å². The van der Waals surface area contributed by atoms with Gasteiger partial charge >= 0.3 is 0 Å². The summed E-state index contributed by atoms with van der Waals surface area (Å²) in [6, 6.07) is 25.1. The lowest BCUT2D eigenvalue weighted by atomic mass is 10.2. The van der Waals surface area contributed by atoms with Gasteiger partial charge in [-0.05, 0) is 31.2 Å². The normalized spacial score (nSPS) is 11.8. The lowest BCUT2D eigenvalue weighted by Crippen LogP contribution is -2.31. The molecule has 0 aliphatic heterocycles. The van der Waals surface area contributed by atoms with E-state index in [0.717, 1.165) is 11.3 Å². The molecule has 0 aliphatic carbocycles. The first-order chi connectivity index (χ1) is 12.5. The van der Waals surface area contributed by atoms with Gasteiger partial charge in [-0.2, -0.15) is 8.42 Å². The molecule has 0 unspecified atom stereocenters. The summed E-state index contributed by atoms with van der Waals surface area (Å²) < 4.78 is 29.4. The summed E-state index contributed by atoms with van der Waals surface area (Å²) in [7, 11) is -3.84. The predicted molar refractivity (Wildman–Crippen MR) is 105 cm³/mol. The number of sulfonamides is 1. The quantitative estimate of drug-likeness (QED) is 0.410. The van der Waals surface area contributed by atoms with Crippen LogP contribution in [0.4, 0.5) is 5.69 Å². The number of aryl methyl sites for hydroxylation is 1. The molecule has 0 bridgehead atoms. The average molecular weight is 365 g/mol. The molecule has 0 aliphatic rings. The monoisotopic (exact) mass is 365 g/mol. The maximum Gasteiger partial charge on any atom is 0.284 e. The molecule has 0 amide bonds. The number of hydrogen-bond acceptors (Lipinski definition) is 3. The molecule has 132 valence electrons. The second kappa shape index (κ2) is 7.84. The van der Waals surface area contributed by atoms with Gasteiger partial charge in [0.1, 0.15) is 0 Å². The van der Waals surface area contributed by atoms with Crippen molar-refractivity contribution in [2.24, 2.45) is 4.40 Å². The molecule has 0 fully saturated rings. The van der Waals surface area contributed by atoms with Crippen molar-refractivity contribution in [2.75, 3.05) is 5.43 Å². The van der Waals surface area contributed by atoms with Crippen molar-refractivity contribution in [2.45, 2.75) is 11.8 Å². The van der Waals surface area contributed by atoms with Crippen LogP contribution < -0.4 is 10.9 Å². The van der Waals surface area contributed by atoms with Crippen LogP contribution in [0.1, 0.15) is 11.1 Å². The minimum atomic E-state index is -3.84. The molecular weight excluding hydrogens is 346 g/mol. The van der Waals surface area contributed by atoms with Gasteiger partial charge in [0.2, 0.25) is 0 Å². The molecule has 3 rings (SSSR count). The maximum atomic E-state index is 12.7. The van der Waals surface area contributed by atoms with Crippen LogP contribution >= 0.6 is 0 Å². The van der Waals surface area contributed by atoms with E-state index in [1.54, 1.807) is 36.4 Å². The Balaban J connectivity index is 1.94. The second-order valence-electron chi connectivity index (χ2n) is 5.71. The summed E-state index contributed by atoms with van der Waals surface area (Å²) in [6.07, 6.45) is 0. The molecule has 0 aromatic heterocycles. The molecule has 0 saturated heterocycles. The minimum absolute atomic E-state index is 0.151. The van der Waals surface area contributed by atoms with Crippen molar-refractivity contribution in [3.63, 3.8) is 0 Å². The molecule has 3 aromatic carbocycles. The Labute approximate surface area is 153 Å². The second-order valence-corrected chi connectivity index (χ2v) is 7.31. The van der Waals surface area contributed by atoms with E-state index in [1.165, 1.54) is 0 Å². The Morgan fingerprint density at radius 1 is 0.808 bits per heavy atom. The number of para-hydroxylation sites is 1. The fourth-order valence-electron chi connectivity index (χ4n) is 2.28. The average Bonchev–Trinajstić information content (AvgIpc) is 2.67. The summed E-state index contributed by atoms with van der Waals surface area (Å²) in [6.45, 7) is 1.90. The van der Waals surface area contributed by atoms with Crippen LogP contribution in [0.3, 0.4) is 0 Å². The van der Waals surface area contributed by atoms with E-state index < -0.39 is 10.0 Å². The lowest BCUT2D eigenvalue weighted by Gasteiger charge is -2.12. The highest BCUT2D eigenvalue weighted by Gasteiger charge is 2.15. The Kier molecular flexibility index (Phi) is 5.34. The number of rotatable bonds is 5. The van der Waals surface area contributed by atoms with Gasteiger partial charge < -0.3 is 0 Å². The first kappa shape index (κ1) is 17.7. The van der Waals surface area contributed by atoms with Gasteiger partial charge in [-0.1, -0.05) is 66.2 Å². The lowest BCUT2D eigenvalue weighted by molar-refractivity contribution is 0.598. The number of anilines is 1. The molecule has 2 N–H and O–H groups in total. The van der Waals surface area contributed by atoms with Crippen molar-refractivity contribution in [1.29, 1.82) is 0 Å². The third-order valence-electron chi connectivity index (χ3n) is 3.68. The molecule has 3 aromatic rings. The fourth-order valence-corrected chi connectivity index (χ4v) is 3.26. The van der Waals surface area contributed by atoms with Crippen molar-refractivity contribution in [3.05, 3.63) is 96.1 Å². The Morgan fingerprint density at radius 2 is 1.38 bits per heavy atom. The number of benzene rings is 3. The first-order valence-corrected chi connectivity index (χ1v) is 9.53. The smallest absolute Gasteiger partial charge is 0.284 e. The molecular formula is C20H19N3O2S. The van der Waals surface area contributed by atoms with Gasteiger partial charge in [0.05, 0.1) is 10.6 Å². The van der Waals surface area contributed by atoms with E-state index >= 15 is 0 Å². The van der Waals surface area contributed by atoms with Crippen LogP contribution in [0.15, 0.2) is 94.2 Å². The zero-order valence-corrected chi connectivity index (χ0v) is 15.1. The van der Waals surface area contributed by atoms with E-state index in [1.807, 2.05) is 55.5 Å². The fraction of sp³-hybridized carbons (Fsp3) is 0.0500. The highest BCUT2D eigenvalue weighted by Crippen LogP contribution is 2.15. The molecule has 0 spiro atoms. The summed E-state index contributed by atoms with van der Waals surface area (Å²) in [4.78, 5) is 0.151. The van der Waals surface area contributed by atoms with E-state index in [0.29, 0.717) is 5.56 Å². The Morgan fingerprint density at radius 3 is 2.00 bits per heavy atom. The largest absolute Gasteiger partial charge is 0.300 e. The summed E-state index contributed by atoms with van der Waals surface area (Å²) >= 11 is 0. The standard InChI is InChI=1S/C20H19N3O2S/c1-16-12-14-19(15-13-16)26(24,25)23-20(17-8-4-2-5-9-17)22-21-18-10-6-3-7-11-18/h2-15,21H,1H3,(H,22,23). The third-order valence-corrected chi connectivity index (χ3v) is 4.97. The Hall–Kier alpha value is -3.12. The van der Waals surface area contributed by atoms with Gasteiger partial charge in [-0.25, -0.2) is 0 Å². The SMILES string of the molecule is Cc1ccc(S(=O)(=O)/N=C(\NNc2ccccc2)c2ccccc2)cc1. The number of nitrogens with one attached hydrogen (secondary N) is 2. The van der Waals surface area contributed by atoms with Crippen molar-refractivity contribution in [1.82, 2.24) is 5.43 Å². The van der Waals surface area contributed by atoms with Gasteiger partial charge in [0, 0.05) is 5.56 Å². The molecule has 0 atom stereocenters. The first-order valence-electron chi connectivity index (χ1n) is 8.09. The van der Waals surface area contributed by atoms with Gasteiger partial charge in [0.25, 0.3) is 10.0 Å². The number of hydrogen-bond donors (Lipinski definition) is 2. The number of hydrazine groups is 1. The van der Waals surface area contributed by atoms with Crippen LogP contribution in [0.2, 0.25) is 0 Å². The van der Waals surface area contributed by atoms with E-state index in [4.69, 9.17) is 0 Å². The highest BCUT2D eigenvalue weighted by molar-refractivity contribution is 7.90. The Bertz CT molecular complexity index is 984. The van der Waals surface area contributed by atoms with Gasteiger partial charge in [0.15, 0.2) is 5.84 Å². The summed E-state index contributed by atoms with van der Waals surface area (Å²) in [5.41, 5.74) is 8.33. The number of amidine groups is 1. The van der Waals surface area contributed by atoms with Crippen LogP contribution in [-0.4, -0.2) is 14.3 Å². The topological polar surface area (TPSA) is 70.6 Å². The summed E-state index contributed by atoms with van der Waals surface area (Å²) in [5.74, 6) is 0.218. The maximum absolute atomic E-state index is 12.7. The molecule has 0 heterocycles. The van der Waals surface area contributed by atoms with E-state index in [9.17, 15) is 8.42 Å². The van der Waals surface area contributed by atoms with Gasteiger partial charge in [-0.3, -0.25) is 10.9 Å².